The molecular weight excluding hydrogens is 238 g/mol. The van der Waals surface area contributed by atoms with Crippen LogP contribution in [0, 0.1) is 6.92 Å². The van der Waals surface area contributed by atoms with Gasteiger partial charge in [-0.05, 0) is 45.0 Å². The van der Waals surface area contributed by atoms with Crippen molar-refractivity contribution in [3.8, 4) is 0 Å². The minimum absolute atomic E-state index is 0.0723. The number of amides is 1. The van der Waals surface area contributed by atoms with Crippen LogP contribution in [0.4, 0.5) is 5.69 Å². The van der Waals surface area contributed by atoms with Crippen molar-refractivity contribution in [2.24, 2.45) is 0 Å². The van der Waals surface area contributed by atoms with Crippen LogP contribution < -0.4 is 15.5 Å². The first-order valence-corrected chi connectivity index (χ1v) is 6.88. The molecule has 1 rings (SSSR count). The highest BCUT2D eigenvalue weighted by Crippen LogP contribution is 2.21. The molecule has 0 aromatic heterocycles. The summed E-state index contributed by atoms with van der Waals surface area (Å²) in [5, 5.41) is 5.99. The molecule has 4 heteroatoms. The smallest absolute Gasteiger partial charge is 0.239 e. The van der Waals surface area contributed by atoms with Gasteiger partial charge in [-0.15, -0.1) is 0 Å². The average Bonchev–Trinajstić information content (AvgIpc) is 2.37. The van der Waals surface area contributed by atoms with E-state index in [0.29, 0.717) is 13.1 Å². The van der Waals surface area contributed by atoms with E-state index in [1.807, 2.05) is 14.0 Å². The highest BCUT2D eigenvalue weighted by molar-refractivity contribution is 5.81. The lowest BCUT2D eigenvalue weighted by Gasteiger charge is -2.24. The molecule has 0 fully saturated rings. The Balaban J connectivity index is 2.83. The molecule has 1 aromatic carbocycles. The van der Waals surface area contributed by atoms with Crippen molar-refractivity contribution in [3.05, 3.63) is 29.3 Å². The molecule has 0 heterocycles. The van der Waals surface area contributed by atoms with Crippen LogP contribution in [0.1, 0.15) is 25.0 Å². The largest absolute Gasteiger partial charge is 0.362 e. The Hall–Kier alpha value is -1.55. The molecule has 0 saturated heterocycles. The van der Waals surface area contributed by atoms with E-state index in [1.54, 1.807) is 0 Å². The number of benzene rings is 1. The second-order valence-electron chi connectivity index (χ2n) is 4.62. The molecule has 0 aliphatic rings. The number of carbonyl (C=O) groups is 1. The minimum Gasteiger partial charge on any atom is -0.362 e. The van der Waals surface area contributed by atoms with E-state index < -0.39 is 0 Å². The fourth-order valence-electron chi connectivity index (χ4n) is 2.18. The number of likely N-dealkylation sites (N-methyl/N-ethyl adjacent to an activating group) is 2. The molecular formula is C15H25N3O. The van der Waals surface area contributed by atoms with Crippen molar-refractivity contribution in [1.82, 2.24) is 10.6 Å². The van der Waals surface area contributed by atoms with E-state index in [0.717, 1.165) is 18.8 Å². The molecule has 0 radical (unpaired) electrons. The maximum absolute atomic E-state index is 11.7. The monoisotopic (exact) mass is 263 g/mol. The zero-order chi connectivity index (χ0) is 14.3. The van der Waals surface area contributed by atoms with Gasteiger partial charge in [-0.25, -0.2) is 0 Å². The maximum Gasteiger partial charge on any atom is 0.239 e. The van der Waals surface area contributed by atoms with Crippen LogP contribution in [0.15, 0.2) is 18.2 Å². The van der Waals surface area contributed by atoms with Gasteiger partial charge in [-0.3, -0.25) is 4.79 Å². The summed E-state index contributed by atoms with van der Waals surface area (Å²) in [5.41, 5.74) is 3.60. The van der Waals surface area contributed by atoms with Crippen molar-refractivity contribution in [2.75, 3.05) is 31.6 Å². The average molecular weight is 263 g/mol. The Morgan fingerprint density at radius 3 is 2.58 bits per heavy atom. The van der Waals surface area contributed by atoms with E-state index in [4.69, 9.17) is 0 Å². The molecule has 4 nitrogen and oxygen atoms in total. The van der Waals surface area contributed by atoms with Gasteiger partial charge in [0.1, 0.15) is 0 Å². The quantitative estimate of drug-likeness (QED) is 0.786. The van der Waals surface area contributed by atoms with Crippen molar-refractivity contribution in [2.45, 2.75) is 27.3 Å². The highest BCUT2D eigenvalue weighted by atomic mass is 16.2. The molecule has 0 aliphatic heterocycles. The lowest BCUT2D eigenvalue weighted by molar-refractivity contribution is -0.119. The van der Waals surface area contributed by atoms with Gasteiger partial charge < -0.3 is 15.5 Å². The van der Waals surface area contributed by atoms with Crippen LogP contribution >= 0.6 is 0 Å². The summed E-state index contributed by atoms with van der Waals surface area (Å²) in [7, 11) is 1.94. The minimum atomic E-state index is 0.0723. The molecule has 0 spiro atoms. The molecule has 106 valence electrons. The van der Waals surface area contributed by atoms with Gasteiger partial charge in [0.2, 0.25) is 5.91 Å². The second kappa shape index (κ2) is 7.79. The molecule has 0 aliphatic carbocycles. The molecule has 1 amide bonds. The van der Waals surface area contributed by atoms with E-state index in [-0.39, 0.29) is 5.91 Å². The summed E-state index contributed by atoms with van der Waals surface area (Å²) in [5.74, 6) is 0.0723. The number of nitrogens with one attached hydrogen (secondary N) is 2. The lowest BCUT2D eigenvalue weighted by atomic mass is 10.1. The topological polar surface area (TPSA) is 44.4 Å². The van der Waals surface area contributed by atoms with Crippen molar-refractivity contribution < 1.29 is 4.79 Å². The fraction of sp³-hybridized carbons (Fsp3) is 0.533. The van der Waals surface area contributed by atoms with Gasteiger partial charge in [0.05, 0.1) is 6.54 Å². The van der Waals surface area contributed by atoms with E-state index in [1.165, 1.54) is 11.1 Å². The third-order valence-electron chi connectivity index (χ3n) is 3.07. The first-order valence-electron chi connectivity index (χ1n) is 6.88. The number of aryl methyl sites for hydroxylation is 1. The van der Waals surface area contributed by atoms with Crippen LogP contribution in [0.3, 0.4) is 0 Å². The summed E-state index contributed by atoms with van der Waals surface area (Å²) in [6.07, 6.45) is 0. The third-order valence-corrected chi connectivity index (χ3v) is 3.07. The Kier molecular flexibility index (Phi) is 6.36. The van der Waals surface area contributed by atoms with Gasteiger partial charge in [0, 0.05) is 25.3 Å². The predicted molar refractivity (Wildman–Crippen MR) is 80.5 cm³/mol. The van der Waals surface area contributed by atoms with E-state index >= 15 is 0 Å². The Morgan fingerprint density at radius 2 is 2.05 bits per heavy atom. The summed E-state index contributed by atoms with van der Waals surface area (Å²) in [4.78, 5) is 13.8. The molecule has 2 N–H and O–H groups in total. The van der Waals surface area contributed by atoms with Crippen molar-refractivity contribution in [3.63, 3.8) is 0 Å². The molecule has 1 aromatic rings. The van der Waals surface area contributed by atoms with Gasteiger partial charge in [0.15, 0.2) is 0 Å². The van der Waals surface area contributed by atoms with Gasteiger partial charge >= 0.3 is 0 Å². The summed E-state index contributed by atoms with van der Waals surface area (Å²) in [6, 6.07) is 6.39. The molecule has 0 atom stereocenters. The molecule has 19 heavy (non-hydrogen) atoms. The van der Waals surface area contributed by atoms with Crippen LogP contribution in [-0.2, 0) is 11.3 Å². The number of hydrogen-bond donors (Lipinski definition) is 2. The fourth-order valence-corrected chi connectivity index (χ4v) is 2.18. The summed E-state index contributed by atoms with van der Waals surface area (Å²) < 4.78 is 0. The SMILES string of the molecule is CCNC(=O)CN(CC)c1ccc(CNC)cc1C. The summed E-state index contributed by atoms with van der Waals surface area (Å²) in [6.45, 7) is 8.88. The van der Waals surface area contributed by atoms with E-state index in [2.05, 4.69) is 47.6 Å². The number of rotatable bonds is 7. The first-order chi connectivity index (χ1) is 9.12. The number of hydrogen-bond acceptors (Lipinski definition) is 3. The van der Waals surface area contributed by atoms with Crippen molar-refractivity contribution >= 4 is 11.6 Å². The zero-order valence-electron chi connectivity index (χ0n) is 12.4. The Morgan fingerprint density at radius 1 is 1.32 bits per heavy atom. The number of nitrogens with zero attached hydrogens (tertiary/aromatic N) is 1. The van der Waals surface area contributed by atoms with Gasteiger partial charge in [-0.1, -0.05) is 12.1 Å². The predicted octanol–water partition coefficient (Wildman–Crippen LogP) is 1.68. The maximum atomic E-state index is 11.7. The molecule has 0 bridgehead atoms. The normalized spacial score (nSPS) is 10.3. The van der Waals surface area contributed by atoms with Gasteiger partial charge in [-0.2, -0.15) is 0 Å². The summed E-state index contributed by atoms with van der Waals surface area (Å²) >= 11 is 0. The molecule has 0 unspecified atom stereocenters. The molecule has 0 saturated carbocycles. The first kappa shape index (κ1) is 15.5. The Labute approximate surface area is 116 Å². The van der Waals surface area contributed by atoms with Crippen molar-refractivity contribution in [1.29, 1.82) is 0 Å². The standard InChI is InChI=1S/C15H25N3O/c1-5-17-15(19)11-18(6-2)14-8-7-13(10-16-4)9-12(14)3/h7-9,16H,5-6,10-11H2,1-4H3,(H,17,19). The van der Waals surface area contributed by atoms with E-state index in [9.17, 15) is 4.79 Å². The zero-order valence-corrected chi connectivity index (χ0v) is 12.4. The number of carbonyl (C=O) groups excluding carboxylic acids is 1. The second-order valence-corrected chi connectivity index (χ2v) is 4.62. The third kappa shape index (κ3) is 4.56. The van der Waals surface area contributed by atoms with Crippen LogP contribution in [0.5, 0.6) is 0 Å². The Bertz CT molecular complexity index is 418. The van der Waals surface area contributed by atoms with Crippen LogP contribution in [0.25, 0.3) is 0 Å². The highest BCUT2D eigenvalue weighted by Gasteiger charge is 2.11. The van der Waals surface area contributed by atoms with Gasteiger partial charge in [0.25, 0.3) is 0 Å². The lowest BCUT2D eigenvalue weighted by Crippen LogP contribution is -2.37. The van der Waals surface area contributed by atoms with Crippen LogP contribution in [-0.4, -0.2) is 32.6 Å². The van der Waals surface area contributed by atoms with Crippen LogP contribution in [0.2, 0.25) is 0 Å². The number of anilines is 1.